The van der Waals surface area contributed by atoms with Gasteiger partial charge in [-0.1, -0.05) is 0 Å². The number of hydrogen-bond donors (Lipinski definition) is 1. The SMILES string of the molecule is CC(=O)[C@@H]1CCC(=O)N1.[HH]. The summed E-state index contributed by atoms with van der Waals surface area (Å²) in [6, 6.07) is -0.197. The minimum Gasteiger partial charge on any atom is -0.346 e. The van der Waals surface area contributed by atoms with E-state index in [2.05, 4.69) is 5.32 Å². The molecular weight excluding hydrogens is 118 g/mol. The van der Waals surface area contributed by atoms with Gasteiger partial charge >= 0.3 is 0 Å². The molecule has 0 aromatic rings. The first-order chi connectivity index (χ1) is 4.20. The number of Topliss-reactive ketones (excluding diaryl/α,β-unsaturated/α-hetero) is 1. The van der Waals surface area contributed by atoms with Crippen molar-refractivity contribution in [2.24, 2.45) is 0 Å². The zero-order valence-electron chi connectivity index (χ0n) is 5.31. The van der Waals surface area contributed by atoms with Crippen LogP contribution in [0.1, 0.15) is 21.2 Å². The number of amides is 1. The van der Waals surface area contributed by atoms with Crippen LogP contribution in [0, 0.1) is 0 Å². The molecule has 0 aromatic heterocycles. The molecule has 1 fully saturated rings. The van der Waals surface area contributed by atoms with E-state index in [0.29, 0.717) is 12.8 Å². The van der Waals surface area contributed by atoms with E-state index in [9.17, 15) is 9.59 Å². The second-order valence-electron chi connectivity index (χ2n) is 2.27. The van der Waals surface area contributed by atoms with Crippen molar-refractivity contribution < 1.29 is 11.0 Å². The molecule has 0 bridgehead atoms. The van der Waals surface area contributed by atoms with E-state index in [-0.39, 0.29) is 19.2 Å². The molecule has 3 heteroatoms. The molecule has 1 N–H and O–H groups in total. The molecule has 0 spiro atoms. The number of carbonyl (C=O) groups is 2. The smallest absolute Gasteiger partial charge is 0.220 e. The third-order valence-electron chi connectivity index (χ3n) is 1.49. The molecule has 1 saturated heterocycles. The fourth-order valence-electron chi connectivity index (χ4n) is 0.919. The standard InChI is InChI=1S/C6H9NO2.H2/c1-4(8)5-2-3-6(9)7-5;/h5H,2-3H2,1H3,(H,7,9);1H/t5-;/m0./s1. The molecule has 0 unspecified atom stereocenters. The lowest BCUT2D eigenvalue weighted by atomic mass is 10.2. The molecule has 0 aliphatic carbocycles. The molecule has 1 aliphatic rings. The van der Waals surface area contributed by atoms with Gasteiger partial charge in [0.15, 0.2) is 5.78 Å². The topological polar surface area (TPSA) is 46.2 Å². The Morgan fingerprint density at radius 1 is 1.89 bits per heavy atom. The second-order valence-corrected chi connectivity index (χ2v) is 2.27. The Hall–Kier alpha value is -0.860. The van der Waals surface area contributed by atoms with Crippen LogP contribution in [0.3, 0.4) is 0 Å². The third kappa shape index (κ3) is 1.28. The van der Waals surface area contributed by atoms with Gasteiger partial charge in [0.2, 0.25) is 5.91 Å². The maximum Gasteiger partial charge on any atom is 0.220 e. The first kappa shape index (κ1) is 6.26. The molecule has 0 aromatic carbocycles. The second kappa shape index (κ2) is 2.17. The van der Waals surface area contributed by atoms with E-state index in [1.165, 1.54) is 6.92 Å². The van der Waals surface area contributed by atoms with Crippen molar-refractivity contribution in [3.05, 3.63) is 0 Å². The Kier molecular flexibility index (Phi) is 1.51. The zero-order valence-corrected chi connectivity index (χ0v) is 5.31. The first-order valence-corrected chi connectivity index (χ1v) is 3.00. The molecular formula is C6H11NO2. The van der Waals surface area contributed by atoms with Gasteiger partial charge in [0.1, 0.15) is 0 Å². The summed E-state index contributed by atoms with van der Waals surface area (Å²) in [5.74, 6) is 0.0519. The third-order valence-corrected chi connectivity index (χ3v) is 1.49. The summed E-state index contributed by atoms with van der Waals surface area (Å²) in [7, 11) is 0. The van der Waals surface area contributed by atoms with Gasteiger partial charge in [-0.15, -0.1) is 0 Å². The van der Waals surface area contributed by atoms with Crippen molar-refractivity contribution in [1.29, 1.82) is 0 Å². The molecule has 52 valence electrons. The minimum atomic E-state index is -0.197. The van der Waals surface area contributed by atoms with Crippen molar-refractivity contribution in [2.75, 3.05) is 0 Å². The van der Waals surface area contributed by atoms with Crippen LogP contribution < -0.4 is 5.32 Å². The zero-order chi connectivity index (χ0) is 6.85. The Balaban J connectivity index is 0.000000810. The Morgan fingerprint density at radius 2 is 2.56 bits per heavy atom. The Labute approximate surface area is 54.9 Å². The summed E-state index contributed by atoms with van der Waals surface area (Å²) in [6.07, 6.45) is 1.18. The average Bonchev–Trinajstić information content (AvgIpc) is 2.14. The fraction of sp³-hybridized carbons (Fsp3) is 0.667. The van der Waals surface area contributed by atoms with Crippen LogP contribution in [-0.2, 0) is 9.59 Å². The lowest BCUT2D eigenvalue weighted by Crippen LogP contribution is -2.31. The molecule has 1 rings (SSSR count). The summed E-state index contributed by atoms with van der Waals surface area (Å²) in [5, 5.41) is 2.56. The number of carbonyl (C=O) groups excluding carboxylic acids is 2. The molecule has 1 amide bonds. The number of ketones is 1. The van der Waals surface area contributed by atoms with Crippen molar-refractivity contribution in [2.45, 2.75) is 25.8 Å². The quantitative estimate of drug-likeness (QED) is 0.545. The lowest BCUT2D eigenvalue weighted by Gasteiger charge is -2.01. The average molecular weight is 129 g/mol. The number of nitrogens with one attached hydrogen (secondary N) is 1. The summed E-state index contributed by atoms with van der Waals surface area (Å²) >= 11 is 0. The van der Waals surface area contributed by atoms with E-state index in [4.69, 9.17) is 0 Å². The highest BCUT2D eigenvalue weighted by molar-refractivity contribution is 5.90. The van der Waals surface area contributed by atoms with Gasteiger partial charge in [-0.05, 0) is 13.3 Å². The normalized spacial score (nSPS) is 25.9. The summed E-state index contributed by atoms with van der Waals surface area (Å²) in [6.45, 7) is 1.50. The molecule has 0 saturated carbocycles. The number of rotatable bonds is 1. The van der Waals surface area contributed by atoms with Crippen LogP contribution in [0.25, 0.3) is 0 Å². The molecule has 1 atom stereocenters. The Morgan fingerprint density at radius 3 is 2.78 bits per heavy atom. The van der Waals surface area contributed by atoms with E-state index >= 15 is 0 Å². The van der Waals surface area contributed by atoms with Gasteiger partial charge in [0, 0.05) is 7.85 Å². The summed E-state index contributed by atoms with van der Waals surface area (Å²) < 4.78 is 0. The predicted molar refractivity (Wildman–Crippen MR) is 34.0 cm³/mol. The Bertz CT molecular complexity index is 158. The molecule has 3 nitrogen and oxygen atoms in total. The highest BCUT2D eigenvalue weighted by Gasteiger charge is 2.23. The van der Waals surface area contributed by atoms with Gasteiger partial charge in [-0.2, -0.15) is 0 Å². The summed E-state index contributed by atoms with van der Waals surface area (Å²) in [5.41, 5.74) is 0. The van der Waals surface area contributed by atoms with E-state index in [1.54, 1.807) is 0 Å². The van der Waals surface area contributed by atoms with Crippen LogP contribution in [0.4, 0.5) is 0 Å². The van der Waals surface area contributed by atoms with Gasteiger partial charge in [-0.25, -0.2) is 0 Å². The minimum absolute atomic E-state index is 0. The van der Waals surface area contributed by atoms with E-state index in [0.717, 1.165) is 0 Å². The maximum absolute atomic E-state index is 10.6. The molecule has 9 heavy (non-hydrogen) atoms. The highest BCUT2D eigenvalue weighted by Crippen LogP contribution is 2.06. The van der Waals surface area contributed by atoms with Crippen molar-refractivity contribution in [3.63, 3.8) is 0 Å². The van der Waals surface area contributed by atoms with Crippen molar-refractivity contribution in [1.82, 2.24) is 5.32 Å². The number of hydrogen-bond acceptors (Lipinski definition) is 2. The van der Waals surface area contributed by atoms with E-state index < -0.39 is 0 Å². The lowest BCUT2D eigenvalue weighted by molar-refractivity contribution is -0.123. The van der Waals surface area contributed by atoms with Crippen LogP contribution in [-0.4, -0.2) is 17.7 Å². The highest BCUT2D eigenvalue weighted by atomic mass is 16.2. The maximum atomic E-state index is 10.6. The van der Waals surface area contributed by atoms with Crippen molar-refractivity contribution >= 4 is 11.7 Å². The van der Waals surface area contributed by atoms with Gasteiger partial charge < -0.3 is 5.32 Å². The molecule has 1 aliphatic heterocycles. The molecule has 1 heterocycles. The van der Waals surface area contributed by atoms with Gasteiger partial charge in [0.05, 0.1) is 6.04 Å². The first-order valence-electron chi connectivity index (χ1n) is 3.00. The molecule has 0 radical (unpaired) electrons. The van der Waals surface area contributed by atoms with Gasteiger partial charge in [-0.3, -0.25) is 9.59 Å². The fourth-order valence-corrected chi connectivity index (χ4v) is 0.919. The predicted octanol–water partition coefficient (Wildman–Crippen LogP) is 0.1000. The van der Waals surface area contributed by atoms with Gasteiger partial charge in [0.25, 0.3) is 0 Å². The largest absolute Gasteiger partial charge is 0.346 e. The monoisotopic (exact) mass is 129 g/mol. The van der Waals surface area contributed by atoms with Crippen LogP contribution in [0.5, 0.6) is 0 Å². The van der Waals surface area contributed by atoms with Crippen molar-refractivity contribution in [3.8, 4) is 0 Å². The summed E-state index contributed by atoms with van der Waals surface area (Å²) in [4.78, 5) is 21.1. The van der Waals surface area contributed by atoms with Crippen LogP contribution >= 0.6 is 0 Å². The van der Waals surface area contributed by atoms with Crippen LogP contribution in [0.15, 0.2) is 0 Å². The van der Waals surface area contributed by atoms with Crippen LogP contribution in [0.2, 0.25) is 0 Å². The van der Waals surface area contributed by atoms with E-state index in [1.807, 2.05) is 0 Å².